The van der Waals surface area contributed by atoms with E-state index in [2.05, 4.69) is 37.9 Å². The fourth-order valence-corrected chi connectivity index (χ4v) is 3.68. The summed E-state index contributed by atoms with van der Waals surface area (Å²) in [4.78, 5) is 8.88. The van der Waals surface area contributed by atoms with Crippen molar-refractivity contribution in [3.8, 4) is 0 Å². The van der Waals surface area contributed by atoms with Crippen LogP contribution in [-0.4, -0.2) is 24.1 Å². The molecule has 114 valence electrons. The summed E-state index contributed by atoms with van der Waals surface area (Å²) < 4.78 is 0. The quantitative estimate of drug-likeness (QED) is 0.750. The molecule has 0 atom stereocenters. The molecular formula is C16H29N3S. The van der Waals surface area contributed by atoms with Gasteiger partial charge in [0, 0.05) is 24.0 Å². The van der Waals surface area contributed by atoms with E-state index in [0.717, 1.165) is 32.1 Å². The molecule has 2 rings (SSSR count). The molecule has 0 spiro atoms. The van der Waals surface area contributed by atoms with E-state index in [9.17, 15) is 0 Å². The van der Waals surface area contributed by atoms with Gasteiger partial charge in [0.25, 0.3) is 0 Å². The van der Waals surface area contributed by atoms with E-state index in [0.29, 0.717) is 5.92 Å². The molecule has 0 amide bonds. The highest BCUT2D eigenvalue weighted by Gasteiger charge is 2.30. The van der Waals surface area contributed by atoms with Gasteiger partial charge in [-0.15, -0.1) is 11.3 Å². The Bertz CT molecular complexity index is 410. The van der Waals surface area contributed by atoms with Gasteiger partial charge in [-0.25, -0.2) is 4.98 Å². The van der Waals surface area contributed by atoms with Crippen molar-refractivity contribution in [1.29, 1.82) is 0 Å². The van der Waals surface area contributed by atoms with E-state index in [-0.39, 0.29) is 0 Å². The first-order valence-electron chi connectivity index (χ1n) is 8.11. The lowest BCUT2D eigenvalue weighted by Gasteiger charge is -2.18. The van der Waals surface area contributed by atoms with Crippen LogP contribution in [0.25, 0.3) is 0 Å². The average Bonchev–Trinajstić information content (AvgIpc) is 3.15. The average molecular weight is 295 g/mol. The number of hydrogen-bond donors (Lipinski definition) is 1. The fourth-order valence-electron chi connectivity index (χ4n) is 2.47. The largest absolute Gasteiger partial charge is 0.345 e. The molecule has 1 heterocycles. The molecule has 1 fully saturated rings. The van der Waals surface area contributed by atoms with Gasteiger partial charge in [0.1, 0.15) is 0 Å². The summed E-state index contributed by atoms with van der Waals surface area (Å²) in [6.45, 7) is 12.1. The first kappa shape index (κ1) is 15.8. The van der Waals surface area contributed by atoms with Gasteiger partial charge in [0.05, 0.1) is 5.69 Å². The lowest BCUT2D eigenvalue weighted by molar-refractivity contribution is 0.553. The molecule has 0 aliphatic heterocycles. The molecule has 0 saturated heterocycles. The smallest absolute Gasteiger partial charge is 0.186 e. The highest BCUT2D eigenvalue weighted by Crippen LogP contribution is 2.35. The highest BCUT2D eigenvalue weighted by molar-refractivity contribution is 7.15. The maximum absolute atomic E-state index is 4.93. The van der Waals surface area contributed by atoms with Crippen LogP contribution < -0.4 is 10.2 Å². The molecule has 1 saturated carbocycles. The van der Waals surface area contributed by atoms with Gasteiger partial charge in [-0.05, 0) is 38.6 Å². The lowest BCUT2D eigenvalue weighted by Crippen LogP contribution is -2.24. The summed E-state index contributed by atoms with van der Waals surface area (Å²) in [7, 11) is 0. The second kappa shape index (κ2) is 7.41. The van der Waals surface area contributed by atoms with E-state index in [1.165, 1.54) is 35.0 Å². The number of hydrogen-bond acceptors (Lipinski definition) is 4. The zero-order valence-electron chi connectivity index (χ0n) is 13.4. The number of rotatable bonds is 9. The van der Waals surface area contributed by atoms with Crippen LogP contribution in [0.2, 0.25) is 0 Å². The van der Waals surface area contributed by atoms with Crippen LogP contribution in [0.15, 0.2) is 0 Å². The Kier molecular flexibility index (Phi) is 5.85. The summed E-state index contributed by atoms with van der Waals surface area (Å²) >= 11 is 1.90. The summed E-state index contributed by atoms with van der Waals surface area (Å²) in [5, 5.41) is 4.82. The Balaban J connectivity index is 2.05. The number of anilines is 1. The van der Waals surface area contributed by atoms with Gasteiger partial charge in [0.15, 0.2) is 5.13 Å². The molecule has 0 radical (unpaired) electrons. The number of nitrogens with one attached hydrogen (secondary N) is 1. The van der Waals surface area contributed by atoms with E-state index in [1.54, 1.807) is 0 Å². The molecule has 20 heavy (non-hydrogen) atoms. The van der Waals surface area contributed by atoms with Gasteiger partial charge in [-0.2, -0.15) is 0 Å². The third-order valence-electron chi connectivity index (χ3n) is 3.67. The minimum atomic E-state index is 0.704. The van der Waals surface area contributed by atoms with Crippen LogP contribution in [0.3, 0.4) is 0 Å². The minimum absolute atomic E-state index is 0.704. The van der Waals surface area contributed by atoms with Crippen LogP contribution in [0.4, 0.5) is 5.13 Å². The summed E-state index contributed by atoms with van der Waals surface area (Å²) in [6.07, 6.45) is 4.97. The number of aromatic nitrogens is 1. The third kappa shape index (κ3) is 4.19. The van der Waals surface area contributed by atoms with Crippen molar-refractivity contribution in [2.24, 2.45) is 5.92 Å². The molecule has 0 aromatic carbocycles. The van der Waals surface area contributed by atoms with Crippen LogP contribution in [-0.2, 0) is 13.0 Å². The van der Waals surface area contributed by atoms with Crippen molar-refractivity contribution < 1.29 is 0 Å². The number of nitrogens with zero attached hydrogens (tertiary/aromatic N) is 2. The van der Waals surface area contributed by atoms with Crippen molar-refractivity contribution in [3.63, 3.8) is 0 Å². The van der Waals surface area contributed by atoms with Crippen LogP contribution in [0.5, 0.6) is 0 Å². The summed E-state index contributed by atoms with van der Waals surface area (Å²) in [6, 6.07) is 0.761. The molecule has 3 nitrogen and oxygen atoms in total. The normalized spacial score (nSPS) is 15.1. The van der Waals surface area contributed by atoms with Crippen molar-refractivity contribution in [2.75, 3.05) is 18.0 Å². The zero-order chi connectivity index (χ0) is 14.5. The van der Waals surface area contributed by atoms with Crippen LogP contribution in [0.1, 0.15) is 57.5 Å². The van der Waals surface area contributed by atoms with Gasteiger partial charge in [-0.3, -0.25) is 0 Å². The maximum Gasteiger partial charge on any atom is 0.186 e. The Morgan fingerprint density at radius 1 is 1.35 bits per heavy atom. The third-order valence-corrected chi connectivity index (χ3v) is 4.80. The van der Waals surface area contributed by atoms with Crippen molar-refractivity contribution in [3.05, 3.63) is 10.6 Å². The molecule has 1 aliphatic carbocycles. The highest BCUT2D eigenvalue weighted by atomic mass is 32.1. The Morgan fingerprint density at radius 2 is 2.10 bits per heavy atom. The van der Waals surface area contributed by atoms with Gasteiger partial charge in [-0.1, -0.05) is 27.2 Å². The fraction of sp³-hybridized carbons (Fsp3) is 0.812. The summed E-state index contributed by atoms with van der Waals surface area (Å²) in [5.41, 5.74) is 1.32. The first-order valence-corrected chi connectivity index (χ1v) is 8.93. The van der Waals surface area contributed by atoms with E-state index in [1.807, 2.05) is 11.3 Å². The summed E-state index contributed by atoms with van der Waals surface area (Å²) in [5.74, 6) is 0.704. The number of aryl methyl sites for hydroxylation is 1. The molecule has 0 bridgehead atoms. The van der Waals surface area contributed by atoms with Crippen LogP contribution >= 0.6 is 11.3 Å². The van der Waals surface area contributed by atoms with Crippen molar-refractivity contribution in [2.45, 2.75) is 66.0 Å². The van der Waals surface area contributed by atoms with Gasteiger partial charge in [0.2, 0.25) is 0 Å². The van der Waals surface area contributed by atoms with Crippen LogP contribution in [0, 0.1) is 5.92 Å². The minimum Gasteiger partial charge on any atom is -0.345 e. The SMILES string of the molecule is CCCc1nc(N(CC)C2CC2)sc1CNCC(C)C. The molecule has 0 unspecified atom stereocenters. The number of thiazole rings is 1. The van der Waals surface area contributed by atoms with Crippen molar-refractivity contribution >= 4 is 16.5 Å². The van der Waals surface area contributed by atoms with E-state index >= 15 is 0 Å². The monoisotopic (exact) mass is 295 g/mol. The standard InChI is InChI=1S/C16H29N3S/c1-5-7-14-15(11-17-10-12(3)4)20-16(18-14)19(6-2)13-8-9-13/h12-13,17H,5-11H2,1-4H3. The Labute approximate surface area is 127 Å². The van der Waals surface area contributed by atoms with E-state index < -0.39 is 0 Å². The molecule has 1 aromatic rings. The van der Waals surface area contributed by atoms with Gasteiger partial charge >= 0.3 is 0 Å². The Hall–Kier alpha value is -0.610. The first-order chi connectivity index (χ1) is 9.65. The molecule has 4 heteroatoms. The van der Waals surface area contributed by atoms with E-state index in [4.69, 9.17) is 4.98 Å². The molecule has 1 aromatic heterocycles. The molecule has 1 N–H and O–H groups in total. The Morgan fingerprint density at radius 3 is 2.65 bits per heavy atom. The lowest BCUT2D eigenvalue weighted by atomic mass is 10.2. The predicted molar refractivity (Wildman–Crippen MR) is 88.7 cm³/mol. The maximum atomic E-state index is 4.93. The molecular weight excluding hydrogens is 266 g/mol. The second-order valence-corrected chi connectivity index (χ2v) is 7.22. The topological polar surface area (TPSA) is 28.2 Å². The van der Waals surface area contributed by atoms with Gasteiger partial charge < -0.3 is 10.2 Å². The predicted octanol–water partition coefficient (Wildman–Crippen LogP) is 3.83. The zero-order valence-corrected chi connectivity index (χ0v) is 14.2. The second-order valence-electron chi connectivity index (χ2n) is 6.16. The molecule has 1 aliphatic rings. The van der Waals surface area contributed by atoms with Crippen molar-refractivity contribution in [1.82, 2.24) is 10.3 Å².